The lowest BCUT2D eigenvalue weighted by Gasteiger charge is -2.21. The van der Waals surface area contributed by atoms with Crippen molar-refractivity contribution in [3.05, 3.63) is 104 Å². The number of aliphatic hydroxyl groups is 3. The van der Waals surface area contributed by atoms with Crippen molar-refractivity contribution in [1.29, 1.82) is 0 Å². The molecule has 15 heteroatoms. The van der Waals surface area contributed by atoms with E-state index >= 15 is 0 Å². The molecule has 15 nitrogen and oxygen atoms in total. The van der Waals surface area contributed by atoms with Crippen molar-refractivity contribution in [3.8, 4) is 0 Å². The van der Waals surface area contributed by atoms with Gasteiger partial charge in [0.25, 0.3) is 11.5 Å². The number of nitrogens with two attached hydrogens (primary N) is 1. The van der Waals surface area contributed by atoms with Crippen molar-refractivity contribution in [2.24, 2.45) is 5.84 Å². The molecule has 3 heterocycles. The molecule has 0 aliphatic rings. The van der Waals surface area contributed by atoms with Crippen LogP contribution in [0.2, 0.25) is 0 Å². The summed E-state index contributed by atoms with van der Waals surface area (Å²) >= 11 is 0. The number of benzene rings is 1. The Morgan fingerprint density at radius 1 is 1.15 bits per heavy atom. The highest BCUT2D eigenvalue weighted by Gasteiger charge is 2.29. The van der Waals surface area contributed by atoms with Crippen LogP contribution >= 0.6 is 0 Å². The Morgan fingerprint density at radius 3 is 2.67 bits per heavy atom. The number of aromatic nitrogens is 5. The lowest BCUT2D eigenvalue weighted by Crippen LogP contribution is -2.35. The average Bonchev–Trinajstić information content (AvgIpc) is 3.60. The number of nitrogens with one attached hydrogen (secondary N) is 2. The van der Waals surface area contributed by atoms with Gasteiger partial charge in [0.1, 0.15) is 36.0 Å². The Balaban J connectivity index is 1.36. The largest absolute Gasteiger partial charge is 0.466 e. The molecule has 1 amide bonds. The van der Waals surface area contributed by atoms with Gasteiger partial charge in [0, 0.05) is 6.20 Å². The lowest BCUT2D eigenvalue weighted by atomic mass is 10.1. The summed E-state index contributed by atoms with van der Waals surface area (Å²) in [5, 5.41) is 38.9. The number of rotatable bonds is 12. The number of aliphatic hydroxyl groups excluding tert-OH is 3. The molecule has 4 rings (SSSR count). The van der Waals surface area contributed by atoms with Gasteiger partial charge in [-0.25, -0.2) is 15.3 Å². The molecule has 7 N–H and O–H groups in total. The molecule has 206 valence electrons. The molecule has 0 aliphatic carbocycles. The predicted molar refractivity (Wildman–Crippen MR) is 133 cm³/mol. The number of carbonyl (C=O) groups is 1. The lowest BCUT2D eigenvalue weighted by molar-refractivity contribution is -0.0739. The average molecular weight is 542 g/mol. The SMILES string of the molecule is NNC(=O)c1coc([C@@H](O)[C@H](O)[C@H](O)Cn2cc(Cn3cc(COCc4ccccc4)c(=O)[nH]c3=O)nn2)c1. The van der Waals surface area contributed by atoms with E-state index in [0.717, 1.165) is 11.8 Å². The number of hydrazine groups is 1. The molecule has 0 saturated carbocycles. The zero-order valence-electron chi connectivity index (χ0n) is 20.5. The van der Waals surface area contributed by atoms with Crippen LogP contribution in [0.3, 0.4) is 0 Å². The van der Waals surface area contributed by atoms with Crippen molar-refractivity contribution < 1.29 is 29.3 Å². The standard InChI is InChI=1S/C24H27N7O8/c25-27-23(36)15-6-19(39-13-15)21(34)20(33)18(32)10-31-9-17(28-29-31)8-30-7-16(22(35)26-24(30)37)12-38-11-14-4-2-1-3-5-14/h1-7,9,13,18,20-21,32-34H,8,10-12,25H2,(H,27,36)(H,26,35,37)/t18-,20-,21-/m1/s1. The minimum Gasteiger partial charge on any atom is -0.466 e. The minimum absolute atomic E-state index is 0.0162. The highest BCUT2D eigenvalue weighted by Crippen LogP contribution is 2.22. The highest BCUT2D eigenvalue weighted by atomic mass is 16.5. The van der Waals surface area contributed by atoms with Gasteiger partial charge >= 0.3 is 5.69 Å². The highest BCUT2D eigenvalue weighted by molar-refractivity contribution is 5.93. The molecule has 3 aromatic heterocycles. The molecule has 4 aromatic rings. The maximum atomic E-state index is 12.3. The number of aromatic amines is 1. The Morgan fingerprint density at radius 2 is 1.92 bits per heavy atom. The number of nitrogen functional groups attached to an aromatic ring is 1. The first-order chi connectivity index (χ1) is 18.7. The Hall–Kier alpha value is -4.41. The topological polar surface area (TPSA) is 224 Å². The normalized spacial score (nSPS) is 13.6. The van der Waals surface area contributed by atoms with E-state index in [1.54, 1.807) is 0 Å². The number of nitrogens with zero attached hydrogens (tertiary/aromatic N) is 4. The number of furan rings is 1. The minimum atomic E-state index is -1.70. The maximum Gasteiger partial charge on any atom is 0.328 e. The van der Waals surface area contributed by atoms with Crippen LogP contribution in [0.1, 0.15) is 39.0 Å². The van der Waals surface area contributed by atoms with Gasteiger partial charge in [-0.3, -0.25) is 24.6 Å². The first kappa shape index (κ1) is 27.6. The number of amides is 1. The van der Waals surface area contributed by atoms with Gasteiger partial charge in [-0.2, -0.15) is 0 Å². The third-order valence-electron chi connectivity index (χ3n) is 5.77. The van der Waals surface area contributed by atoms with Gasteiger partial charge in [-0.1, -0.05) is 35.5 Å². The van der Waals surface area contributed by atoms with Gasteiger partial charge in [0.05, 0.1) is 43.6 Å². The van der Waals surface area contributed by atoms with Gasteiger partial charge in [-0.15, -0.1) is 5.10 Å². The summed E-state index contributed by atoms with van der Waals surface area (Å²) < 4.78 is 13.1. The van der Waals surface area contributed by atoms with E-state index in [1.165, 1.54) is 27.7 Å². The van der Waals surface area contributed by atoms with E-state index in [-0.39, 0.29) is 36.6 Å². The molecular formula is C24H27N7O8. The van der Waals surface area contributed by atoms with Crippen molar-refractivity contribution in [1.82, 2.24) is 30.0 Å². The summed E-state index contributed by atoms with van der Waals surface area (Å²) in [5.41, 5.74) is 2.23. The second-order valence-corrected chi connectivity index (χ2v) is 8.67. The molecule has 0 unspecified atom stereocenters. The molecule has 0 spiro atoms. The fourth-order valence-corrected chi connectivity index (χ4v) is 3.69. The molecule has 0 aliphatic heterocycles. The smallest absolute Gasteiger partial charge is 0.328 e. The van der Waals surface area contributed by atoms with Gasteiger partial charge < -0.3 is 24.5 Å². The van der Waals surface area contributed by atoms with Crippen LogP contribution in [0.5, 0.6) is 0 Å². The van der Waals surface area contributed by atoms with E-state index in [1.807, 2.05) is 35.8 Å². The molecule has 0 saturated heterocycles. The first-order valence-corrected chi connectivity index (χ1v) is 11.7. The Labute approximate surface area is 220 Å². The summed E-state index contributed by atoms with van der Waals surface area (Å²) in [6.07, 6.45) is -0.994. The van der Waals surface area contributed by atoms with Crippen LogP contribution in [0.15, 0.2) is 69.1 Å². The fraction of sp³-hybridized carbons (Fsp3) is 0.292. The van der Waals surface area contributed by atoms with Crippen molar-refractivity contribution in [2.45, 2.75) is 44.6 Å². The van der Waals surface area contributed by atoms with Crippen molar-refractivity contribution >= 4 is 5.91 Å². The summed E-state index contributed by atoms with van der Waals surface area (Å²) in [4.78, 5) is 38.3. The molecule has 0 fully saturated rings. The second kappa shape index (κ2) is 12.4. The van der Waals surface area contributed by atoms with Crippen LogP contribution < -0.4 is 22.5 Å². The van der Waals surface area contributed by atoms with Crippen LogP contribution in [0, 0.1) is 0 Å². The number of ether oxygens (including phenoxy) is 1. The van der Waals surface area contributed by atoms with E-state index in [4.69, 9.17) is 15.0 Å². The Kier molecular flexibility index (Phi) is 8.80. The van der Waals surface area contributed by atoms with Gasteiger partial charge in [0.2, 0.25) is 0 Å². The monoisotopic (exact) mass is 541 g/mol. The zero-order valence-corrected chi connectivity index (χ0v) is 20.5. The molecular weight excluding hydrogens is 514 g/mol. The second-order valence-electron chi connectivity index (χ2n) is 8.67. The first-order valence-electron chi connectivity index (χ1n) is 11.7. The van der Waals surface area contributed by atoms with E-state index in [0.29, 0.717) is 12.3 Å². The summed E-state index contributed by atoms with van der Waals surface area (Å²) in [5.74, 6) is 4.24. The number of hydrogen-bond donors (Lipinski definition) is 6. The van der Waals surface area contributed by atoms with E-state index in [2.05, 4.69) is 15.3 Å². The number of H-pyrrole nitrogens is 1. The summed E-state index contributed by atoms with van der Waals surface area (Å²) in [7, 11) is 0. The van der Waals surface area contributed by atoms with Crippen LogP contribution in [-0.4, -0.2) is 58.0 Å². The fourth-order valence-electron chi connectivity index (χ4n) is 3.69. The summed E-state index contributed by atoms with van der Waals surface area (Å²) in [6.45, 7) is -0.0273. The van der Waals surface area contributed by atoms with Gasteiger partial charge in [0.15, 0.2) is 0 Å². The number of hydrogen-bond acceptors (Lipinski definition) is 11. The molecule has 3 atom stereocenters. The van der Waals surface area contributed by atoms with Gasteiger partial charge in [-0.05, 0) is 11.6 Å². The van der Waals surface area contributed by atoms with Crippen LogP contribution in [-0.2, 0) is 31.0 Å². The van der Waals surface area contributed by atoms with Crippen molar-refractivity contribution in [3.63, 3.8) is 0 Å². The third-order valence-corrected chi connectivity index (χ3v) is 5.77. The predicted octanol–water partition coefficient (Wildman–Crippen LogP) is -1.45. The van der Waals surface area contributed by atoms with Crippen LogP contribution in [0.25, 0.3) is 0 Å². The molecule has 1 aromatic carbocycles. The van der Waals surface area contributed by atoms with Crippen molar-refractivity contribution in [2.75, 3.05) is 0 Å². The Bertz CT molecular complexity index is 1510. The summed E-state index contributed by atoms with van der Waals surface area (Å²) in [6, 6.07) is 10.6. The zero-order chi connectivity index (χ0) is 27.9. The van der Waals surface area contributed by atoms with Crippen LogP contribution in [0.4, 0.5) is 0 Å². The number of carbonyl (C=O) groups excluding carboxylic acids is 1. The molecule has 0 bridgehead atoms. The van der Waals surface area contributed by atoms with E-state index in [9.17, 15) is 29.7 Å². The molecule has 0 radical (unpaired) electrons. The third kappa shape index (κ3) is 6.92. The molecule has 39 heavy (non-hydrogen) atoms. The van der Waals surface area contributed by atoms with E-state index < -0.39 is 35.5 Å². The quantitative estimate of drug-likeness (QED) is 0.0691. The maximum absolute atomic E-state index is 12.3.